The second-order valence-corrected chi connectivity index (χ2v) is 7.29. The molecule has 1 fully saturated rings. The molecule has 1 aliphatic heterocycles. The fourth-order valence-corrected chi connectivity index (χ4v) is 2.62. The zero-order valence-electron chi connectivity index (χ0n) is 16.4. The van der Waals surface area contributed by atoms with Gasteiger partial charge in [-0.15, -0.1) is 30.6 Å². The van der Waals surface area contributed by atoms with Crippen molar-refractivity contribution in [3.8, 4) is 0 Å². The molecule has 8 heteroatoms. The molecule has 2 N–H and O–H groups in total. The number of ether oxygens (including phenoxy) is 1. The van der Waals surface area contributed by atoms with Crippen molar-refractivity contribution < 1.29 is 13.9 Å². The Balaban J connectivity index is 0.00000364. The number of aliphatic imine (C=N–C) groups is 1. The molecule has 27 heavy (non-hydrogen) atoms. The summed E-state index contributed by atoms with van der Waals surface area (Å²) in [5.74, 6) is 1.63. The molecule has 0 aromatic carbocycles. The van der Waals surface area contributed by atoms with Gasteiger partial charge in [0, 0.05) is 38.6 Å². The maximum Gasteiger partial charge on any atom is 0.410 e. The van der Waals surface area contributed by atoms with Crippen LogP contribution in [0.3, 0.4) is 0 Å². The van der Waals surface area contributed by atoms with E-state index in [1.807, 2.05) is 32.9 Å². The van der Waals surface area contributed by atoms with E-state index in [-0.39, 0.29) is 36.1 Å². The number of nitrogens with one attached hydrogen (secondary N) is 2. The van der Waals surface area contributed by atoms with Gasteiger partial charge in [-0.1, -0.05) is 6.08 Å². The second-order valence-electron chi connectivity index (χ2n) is 7.29. The number of furan rings is 1. The van der Waals surface area contributed by atoms with Crippen molar-refractivity contribution >= 4 is 36.0 Å². The summed E-state index contributed by atoms with van der Waals surface area (Å²) >= 11 is 0. The number of hydrogen-bond donors (Lipinski definition) is 2. The lowest BCUT2D eigenvalue weighted by Crippen LogP contribution is -2.45. The Morgan fingerprint density at radius 2 is 2.30 bits per heavy atom. The molecule has 0 spiro atoms. The van der Waals surface area contributed by atoms with E-state index < -0.39 is 5.60 Å². The van der Waals surface area contributed by atoms with Gasteiger partial charge < -0.3 is 24.7 Å². The van der Waals surface area contributed by atoms with Crippen molar-refractivity contribution in [1.82, 2.24) is 15.5 Å². The molecule has 7 nitrogen and oxygen atoms in total. The maximum atomic E-state index is 12.2. The van der Waals surface area contributed by atoms with Crippen LogP contribution >= 0.6 is 24.0 Å². The lowest BCUT2D eigenvalue weighted by Gasteiger charge is -2.24. The quantitative estimate of drug-likeness (QED) is 0.277. The molecule has 1 aromatic rings. The Morgan fingerprint density at radius 3 is 2.93 bits per heavy atom. The summed E-state index contributed by atoms with van der Waals surface area (Å²) in [4.78, 5) is 18.5. The predicted molar refractivity (Wildman–Crippen MR) is 118 cm³/mol. The fourth-order valence-electron chi connectivity index (χ4n) is 2.62. The van der Waals surface area contributed by atoms with Gasteiger partial charge in [0.1, 0.15) is 11.4 Å². The van der Waals surface area contributed by atoms with E-state index in [0.29, 0.717) is 32.1 Å². The van der Waals surface area contributed by atoms with Gasteiger partial charge in [0.05, 0.1) is 6.26 Å². The minimum Gasteiger partial charge on any atom is -0.469 e. The van der Waals surface area contributed by atoms with Gasteiger partial charge in [0.15, 0.2) is 5.96 Å². The number of amides is 1. The Bertz CT molecular complexity index is 611. The molecule has 2 rings (SSSR count). The molecule has 0 radical (unpaired) electrons. The topological polar surface area (TPSA) is 79.1 Å². The zero-order chi connectivity index (χ0) is 19.0. The lowest BCUT2D eigenvalue weighted by atomic mass is 10.2. The molecule has 1 aromatic heterocycles. The van der Waals surface area contributed by atoms with Gasteiger partial charge >= 0.3 is 6.09 Å². The van der Waals surface area contributed by atoms with Crippen LogP contribution < -0.4 is 10.6 Å². The molecular weight excluding hydrogens is 459 g/mol. The van der Waals surface area contributed by atoms with Crippen LogP contribution in [0.2, 0.25) is 0 Å². The van der Waals surface area contributed by atoms with E-state index in [1.54, 1.807) is 17.2 Å². The Kier molecular flexibility index (Phi) is 9.68. The Labute approximate surface area is 178 Å². The first-order valence-corrected chi connectivity index (χ1v) is 9.03. The normalized spacial score (nSPS) is 17.2. The standard InChI is InChI=1S/C19H30N4O3.HI/c1-5-10-20-17(21-11-8-16-7-6-13-25-16)22-15-9-12-23(14-15)18(24)26-19(2,3)4;/h5-7,13,15H,1,8-12,14H2,2-4H3,(H2,20,21,22);1H. The average molecular weight is 490 g/mol. The van der Waals surface area contributed by atoms with Crippen molar-refractivity contribution in [2.24, 2.45) is 4.99 Å². The van der Waals surface area contributed by atoms with Crippen LogP contribution in [-0.4, -0.2) is 54.8 Å². The zero-order valence-corrected chi connectivity index (χ0v) is 18.7. The third-order valence-corrected chi connectivity index (χ3v) is 3.80. The summed E-state index contributed by atoms with van der Waals surface area (Å²) in [6, 6.07) is 3.95. The molecular formula is C19H31IN4O3. The van der Waals surface area contributed by atoms with Gasteiger partial charge in [-0.25, -0.2) is 4.79 Å². The smallest absolute Gasteiger partial charge is 0.410 e. The Hall–Kier alpha value is -1.71. The lowest BCUT2D eigenvalue weighted by molar-refractivity contribution is 0.0292. The molecule has 152 valence electrons. The van der Waals surface area contributed by atoms with Gasteiger partial charge in [0.2, 0.25) is 0 Å². The van der Waals surface area contributed by atoms with Crippen LogP contribution in [0, 0.1) is 0 Å². The SMILES string of the molecule is C=CCNC(=NCCc1ccco1)NC1CCN(C(=O)OC(C)(C)C)C1.I. The average Bonchev–Trinajstić information content (AvgIpc) is 3.22. The van der Waals surface area contributed by atoms with Crippen molar-refractivity contribution in [3.63, 3.8) is 0 Å². The molecule has 1 saturated heterocycles. The van der Waals surface area contributed by atoms with Crippen molar-refractivity contribution in [2.45, 2.75) is 45.3 Å². The number of carbonyl (C=O) groups is 1. The molecule has 1 unspecified atom stereocenters. The summed E-state index contributed by atoms with van der Waals surface area (Å²) in [6.07, 6.45) is 4.77. The summed E-state index contributed by atoms with van der Waals surface area (Å²) in [6.45, 7) is 11.9. The number of likely N-dealkylation sites (tertiary alicyclic amines) is 1. The maximum absolute atomic E-state index is 12.2. The molecule has 0 aliphatic carbocycles. The molecule has 0 bridgehead atoms. The number of hydrogen-bond acceptors (Lipinski definition) is 4. The highest BCUT2D eigenvalue weighted by atomic mass is 127. The van der Waals surface area contributed by atoms with E-state index in [9.17, 15) is 4.79 Å². The second kappa shape index (κ2) is 11.2. The van der Waals surface area contributed by atoms with Gasteiger partial charge in [-0.3, -0.25) is 4.99 Å². The highest BCUT2D eigenvalue weighted by molar-refractivity contribution is 14.0. The summed E-state index contributed by atoms with van der Waals surface area (Å²) < 4.78 is 10.8. The summed E-state index contributed by atoms with van der Waals surface area (Å²) in [5, 5.41) is 6.60. The number of rotatable bonds is 6. The number of guanidine groups is 1. The minimum atomic E-state index is -0.480. The van der Waals surface area contributed by atoms with E-state index in [0.717, 1.165) is 18.6 Å². The predicted octanol–water partition coefficient (Wildman–Crippen LogP) is 3.17. The highest BCUT2D eigenvalue weighted by Crippen LogP contribution is 2.15. The number of halogens is 1. The third-order valence-electron chi connectivity index (χ3n) is 3.80. The number of nitrogens with zero attached hydrogens (tertiary/aromatic N) is 2. The largest absolute Gasteiger partial charge is 0.469 e. The molecule has 1 amide bonds. The van der Waals surface area contributed by atoms with Crippen LogP contribution in [0.25, 0.3) is 0 Å². The highest BCUT2D eigenvalue weighted by Gasteiger charge is 2.30. The molecule has 2 heterocycles. The first-order chi connectivity index (χ1) is 12.4. The first-order valence-electron chi connectivity index (χ1n) is 9.03. The monoisotopic (exact) mass is 490 g/mol. The van der Waals surface area contributed by atoms with Crippen molar-refractivity contribution in [1.29, 1.82) is 0 Å². The third kappa shape index (κ3) is 8.68. The van der Waals surface area contributed by atoms with Crippen LogP contribution in [-0.2, 0) is 11.2 Å². The fraction of sp³-hybridized carbons (Fsp3) is 0.579. The minimum absolute atomic E-state index is 0. The van der Waals surface area contributed by atoms with Crippen LogP contribution in [0.15, 0.2) is 40.5 Å². The van der Waals surface area contributed by atoms with E-state index >= 15 is 0 Å². The van der Waals surface area contributed by atoms with Crippen LogP contribution in [0.4, 0.5) is 4.79 Å². The van der Waals surface area contributed by atoms with Gasteiger partial charge in [-0.2, -0.15) is 0 Å². The van der Waals surface area contributed by atoms with Gasteiger partial charge in [0.25, 0.3) is 0 Å². The van der Waals surface area contributed by atoms with Crippen LogP contribution in [0.1, 0.15) is 33.0 Å². The molecule has 1 atom stereocenters. The van der Waals surface area contributed by atoms with Crippen molar-refractivity contribution in [3.05, 3.63) is 36.8 Å². The van der Waals surface area contributed by atoms with Crippen molar-refractivity contribution in [2.75, 3.05) is 26.2 Å². The molecule has 1 aliphatic rings. The summed E-state index contributed by atoms with van der Waals surface area (Å²) in [7, 11) is 0. The van der Waals surface area contributed by atoms with E-state index in [4.69, 9.17) is 9.15 Å². The Morgan fingerprint density at radius 1 is 1.52 bits per heavy atom. The van der Waals surface area contributed by atoms with E-state index in [1.165, 1.54) is 0 Å². The summed E-state index contributed by atoms with van der Waals surface area (Å²) in [5.41, 5.74) is -0.480. The first kappa shape index (κ1) is 23.3. The van der Waals surface area contributed by atoms with Crippen LogP contribution in [0.5, 0.6) is 0 Å². The van der Waals surface area contributed by atoms with Gasteiger partial charge in [-0.05, 0) is 39.3 Å². The molecule has 0 saturated carbocycles. The van der Waals surface area contributed by atoms with E-state index in [2.05, 4.69) is 22.2 Å². The number of carbonyl (C=O) groups excluding carboxylic acids is 1.